The van der Waals surface area contributed by atoms with Crippen molar-refractivity contribution < 1.29 is 4.79 Å². The Kier molecular flexibility index (Phi) is 6.26. The van der Waals surface area contributed by atoms with Gasteiger partial charge >= 0.3 is 0 Å². The van der Waals surface area contributed by atoms with Crippen LogP contribution in [0.4, 0.5) is 0 Å². The molecule has 2 heterocycles. The largest absolute Gasteiger partial charge is 0.337 e. The van der Waals surface area contributed by atoms with Crippen LogP contribution in [0.5, 0.6) is 0 Å². The minimum atomic E-state index is -0.0120. The van der Waals surface area contributed by atoms with Crippen LogP contribution in [0, 0.1) is 13.8 Å². The van der Waals surface area contributed by atoms with Crippen molar-refractivity contribution in [1.29, 1.82) is 0 Å². The van der Waals surface area contributed by atoms with Gasteiger partial charge in [-0.1, -0.05) is 23.7 Å². The van der Waals surface area contributed by atoms with Crippen LogP contribution in [-0.2, 0) is 17.8 Å². The van der Waals surface area contributed by atoms with Gasteiger partial charge in [0.05, 0.1) is 6.42 Å². The lowest BCUT2D eigenvalue weighted by Crippen LogP contribution is -2.37. The second kappa shape index (κ2) is 8.67. The summed E-state index contributed by atoms with van der Waals surface area (Å²) in [6.07, 6.45) is 0.142. The Hall–Kier alpha value is -2.51. The molecule has 0 aliphatic carbocycles. The third-order valence-electron chi connectivity index (χ3n) is 4.43. The summed E-state index contributed by atoms with van der Waals surface area (Å²) in [6, 6.07) is 9.50. The molecule has 8 heteroatoms. The molecule has 0 bridgehead atoms. The summed E-state index contributed by atoms with van der Waals surface area (Å²) in [7, 11) is 3.98. The Bertz CT molecular complexity index is 967. The molecule has 0 saturated heterocycles. The number of hydrogen-bond donors (Lipinski definition) is 0. The van der Waals surface area contributed by atoms with E-state index in [0.717, 1.165) is 23.5 Å². The minimum absolute atomic E-state index is 0.0120. The normalized spacial score (nSPS) is 11.4. The quantitative estimate of drug-likeness (QED) is 0.609. The molecular weight excluding hydrogens is 376 g/mol. The Morgan fingerprint density at radius 1 is 1.11 bits per heavy atom. The monoisotopic (exact) mass is 400 g/mol. The van der Waals surface area contributed by atoms with E-state index >= 15 is 0 Å². The van der Waals surface area contributed by atoms with E-state index in [4.69, 9.17) is 11.6 Å². The zero-order chi connectivity index (χ0) is 20.3. The van der Waals surface area contributed by atoms with Crippen LogP contribution in [0.15, 0.2) is 30.3 Å². The van der Waals surface area contributed by atoms with Crippen LogP contribution in [0.2, 0.25) is 5.02 Å². The number of nitrogens with zero attached hydrogens (tertiary/aromatic N) is 6. The molecule has 1 amide bonds. The van der Waals surface area contributed by atoms with Gasteiger partial charge in [0, 0.05) is 36.0 Å². The maximum absolute atomic E-state index is 13.0. The first-order chi connectivity index (χ1) is 13.3. The first-order valence-electron chi connectivity index (χ1n) is 9.18. The number of aryl methyl sites for hydroxylation is 2. The molecule has 0 saturated carbocycles. The van der Waals surface area contributed by atoms with E-state index < -0.39 is 0 Å². The average Bonchev–Trinajstić information content (AvgIpc) is 3.02. The number of amides is 1. The lowest BCUT2D eigenvalue weighted by Gasteiger charge is -2.24. The fourth-order valence-electron chi connectivity index (χ4n) is 2.95. The SMILES string of the molecule is Cc1cc(C)n2nc(CC(=O)N(CCN(C)C)Cc3ccc(Cl)cc3)nc2n1. The van der Waals surface area contributed by atoms with Gasteiger partial charge in [-0.05, 0) is 51.7 Å². The van der Waals surface area contributed by atoms with E-state index in [9.17, 15) is 4.79 Å². The van der Waals surface area contributed by atoms with Crippen LogP contribution in [0.25, 0.3) is 5.78 Å². The summed E-state index contributed by atoms with van der Waals surface area (Å²) in [5.41, 5.74) is 2.86. The number of halogens is 1. The molecule has 28 heavy (non-hydrogen) atoms. The van der Waals surface area contributed by atoms with E-state index in [0.29, 0.717) is 29.7 Å². The summed E-state index contributed by atoms with van der Waals surface area (Å²) in [6.45, 7) is 5.79. The molecule has 148 valence electrons. The molecule has 0 aliphatic heterocycles. The van der Waals surface area contributed by atoms with Crippen molar-refractivity contribution in [3.05, 3.63) is 58.1 Å². The molecule has 0 atom stereocenters. The highest BCUT2D eigenvalue weighted by Crippen LogP contribution is 2.13. The molecule has 0 radical (unpaired) electrons. The Labute approximate surface area is 170 Å². The van der Waals surface area contributed by atoms with Gasteiger partial charge in [-0.15, -0.1) is 5.10 Å². The molecule has 0 unspecified atom stereocenters. The maximum Gasteiger partial charge on any atom is 0.252 e. The van der Waals surface area contributed by atoms with Gasteiger partial charge < -0.3 is 9.80 Å². The van der Waals surface area contributed by atoms with E-state index in [1.807, 2.05) is 63.2 Å². The van der Waals surface area contributed by atoms with Crippen molar-refractivity contribution in [2.24, 2.45) is 0 Å². The molecule has 0 aliphatic rings. The fourth-order valence-corrected chi connectivity index (χ4v) is 3.08. The highest BCUT2D eigenvalue weighted by Gasteiger charge is 2.18. The summed E-state index contributed by atoms with van der Waals surface area (Å²) in [5.74, 6) is 0.997. The van der Waals surface area contributed by atoms with E-state index in [-0.39, 0.29) is 12.3 Å². The summed E-state index contributed by atoms with van der Waals surface area (Å²) in [5, 5.41) is 5.14. The zero-order valence-corrected chi connectivity index (χ0v) is 17.4. The fraction of sp³-hybridized carbons (Fsp3) is 0.400. The van der Waals surface area contributed by atoms with Gasteiger partial charge in [0.15, 0.2) is 5.82 Å². The minimum Gasteiger partial charge on any atom is -0.337 e. The highest BCUT2D eigenvalue weighted by atomic mass is 35.5. The molecule has 0 N–H and O–H groups in total. The van der Waals surface area contributed by atoms with E-state index in [2.05, 4.69) is 20.0 Å². The predicted molar refractivity (Wildman–Crippen MR) is 109 cm³/mol. The standard InChI is InChI=1S/C20H25ClN6O/c1-14-11-15(2)27-20(22-14)23-18(24-27)12-19(28)26(10-9-25(3)4)13-16-5-7-17(21)8-6-16/h5-8,11H,9-10,12-13H2,1-4H3. The van der Waals surface area contributed by atoms with Crippen molar-refractivity contribution in [3.8, 4) is 0 Å². The van der Waals surface area contributed by atoms with Crippen molar-refractivity contribution in [2.75, 3.05) is 27.2 Å². The molecular formula is C20H25ClN6O. The Morgan fingerprint density at radius 3 is 2.50 bits per heavy atom. The average molecular weight is 401 g/mol. The van der Waals surface area contributed by atoms with Crippen LogP contribution in [0.3, 0.4) is 0 Å². The van der Waals surface area contributed by atoms with Gasteiger partial charge in [0.2, 0.25) is 5.91 Å². The van der Waals surface area contributed by atoms with Crippen LogP contribution in [-0.4, -0.2) is 62.5 Å². The Morgan fingerprint density at radius 2 is 1.82 bits per heavy atom. The lowest BCUT2D eigenvalue weighted by atomic mass is 10.2. The van der Waals surface area contributed by atoms with Crippen molar-refractivity contribution >= 4 is 23.3 Å². The molecule has 7 nitrogen and oxygen atoms in total. The van der Waals surface area contributed by atoms with E-state index in [1.165, 1.54) is 0 Å². The molecule has 1 aromatic carbocycles. The summed E-state index contributed by atoms with van der Waals surface area (Å²) < 4.78 is 1.68. The predicted octanol–water partition coefficient (Wildman–Crippen LogP) is 2.53. The second-order valence-corrected chi connectivity index (χ2v) is 7.64. The maximum atomic E-state index is 13.0. The second-order valence-electron chi connectivity index (χ2n) is 7.20. The van der Waals surface area contributed by atoms with E-state index in [1.54, 1.807) is 4.52 Å². The zero-order valence-electron chi connectivity index (χ0n) is 16.7. The number of rotatable bonds is 7. The number of carbonyl (C=O) groups is 1. The van der Waals surface area contributed by atoms with Crippen LogP contribution < -0.4 is 0 Å². The number of aromatic nitrogens is 4. The van der Waals surface area contributed by atoms with Crippen molar-refractivity contribution in [2.45, 2.75) is 26.8 Å². The third kappa shape index (κ3) is 5.05. The lowest BCUT2D eigenvalue weighted by molar-refractivity contribution is -0.131. The van der Waals surface area contributed by atoms with Gasteiger partial charge in [0.1, 0.15) is 0 Å². The summed E-state index contributed by atoms with van der Waals surface area (Å²) >= 11 is 5.97. The first-order valence-corrected chi connectivity index (χ1v) is 9.56. The van der Waals surface area contributed by atoms with Gasteiger partial charge in [-0.25, -0.2) is 9.50 Å². The molecule has 0 spiro atoms. The number of hydrogen-bond acceptors (Lipinski definition) is 5. The Balaban J connectivity index is 1.78. The van der Waals surface area contributed by atoms with Crippen molar-refractivity contribution in [3.63, 3.8) is 0 Å². The number of likely N-dealkylation sites (N-methyl/N-ethyl adjacent to an activating group) is 1. The number of carbonyl (C=O) groups excluding carboxylic acids is 1. The molecule has 2 aromatic heterocycles. The number of benzene rings is 1. The van der Waals surface area contributed by atoms with Gasteiger partial charge in [-0.3, -0.25) is 4.79 Å². The van der Waals surface area contributed by atoms with Crippen LogP contribution >= 0.6 is 11.6 Å². The first kappa shape index (κ1) is 20.2. The third-order valence-corrected chi connectivity index (χ3v) is 4.68. The summed E-state index contributed by atoms with van der Waals surface area (Å²) in [4.78, 5) is 25.7. The highest BCUT2D eigenvalue weighted by molar-refractivity contribution is 6.30. The smallest absolute Gasteiger partial charge is 0.252 e. The van der Waals surface area contributed by atoms with Crippen molar-refractivity contribution in [1.82, 2.24) is 29.4 Å². The molecule has 3 rings (SSSR count). The van der Waals surface area contributed by atoms with Gasteiger partial charge in [0.25, 0.3) is 5.78 Å². The topological polar surface area (TPSA) is 66.6 Å². The van der Waals surface area contributed by atoms with Crippen LogP contribution in [0.1, 0.15) is 22.8 Å². The molecule has 0 fully saturated rings. The number of fused-ring (bicyclic) bond motifs is 1. The van der Waals surface area contributed by atoms with Gasteiger partial charge in [-0.2, -0.15) is 4.98 Å². The molecule has 3 aromatic rings.